The second-order valence-corrected chi connectivity index (χ2v) is 6.45. The predicted octanol–water partition coefficient (Wildman–Crippen LogP) is 2.72. The van der Waals surface area contributed by atoms with Crippen molar-refractivity contribution < 1.29 is 14.3 Å². The fourth-order valence-electron chi connectivity index (χ4n) is 1.60. The molecule has 21 heavy (non-hydrogen) atoms. The highest BCUT2D eigenvalue weighted by Gasteiger charge is 2.28. The Morgan fingerprint density at radius 3 is 2.71 bits per heavy atom. The van der Waals surface area contributed by atoms with Crippen molar-refractivity contribution >= 4 is 17.2 Å². The lowest BCUT2D eigenvalue weighted by atomic mass is 9.96. The maximum Gasteiger partial charge on any atom is 0.336 e. The molecule has 0 aliphatic heterocycles. The molecule has 0 fully saturated rings. The number of rotatable bonds is 5. The molecule has 2 aromatic rings. The van der Waals surface area contributed by atoms with Crippen molar-refractivity contribution in [3.8, 4) is 16.7 Å². The van der Waals surface area contributed by atoms with Crippen LogP contribution in [0.5, 0.6) is 6.01 Å². The summed E-state index contributed by atoms with van der Waals surface area (Å²) in [6, 6.07) is 4.00. The van der Waals surface area contributed by atoms with E-state index in [9.17, 15) is 4.79 Å². The third-order valence-electron chi connectivity index (χ3n) is 2.68. The van der Waals surface area contributed by atoms with E-state index in [0.717, 1.165) is 4.88 Å². The van der Waals surface area contributed by atoms with E-state index < -0.39 is 5.41 Å². The zero-order chi connectivity index (χ0) is 15.5. The average molecular weight is 309 g/mol. The van der Waals surface area contributed by atoms with Gasteiger partial charge in [0, 0.05) is 12.5 Å². The molecule has 0 aliphatic carbocycles. The highest BCUT2D eigenvalue weighted by Crippen LogP contribution is 2.27. The molecule has 0 atom stereocenters. The van der Waals surface area contributed by atoms with Crippen LogP contribution < -0.4 is 4.74 Å². The van der Waals surface area contributed by atoms with E-state index in [2.05, 4.69) is 10.1 Å². The fraction of sp³-hybridized carbons (Fsp3) is 0.500. The summed E-state index contributed by atoms with van der Waals surface area (Å²) in [5.74, 6) is 0.386. The molecule has 0 aliphatic rings. The molecule has 0 saturated heterocycles. The van der Waals surface area contributed by atoms with Gasteiger partial charge in [0.1, 0.15) is 6.61 Å². The first-order valence-corrected chi connectivity index (χ1v) is 7.49. The molecule has 114 valence electrons. The molecule has 2 aromatic heterocycles. The zero-order valence-electron chi connectivity index (χ0n) is 12.6. The summed E-state index contributed by atoms with van der Waals surface area (Å²) in [7, 11) is 1.59. The molecule has 0 N–H and O–H groups in total. The van der Waals surface area contributed by atoms with Crippen LogP contribution >= 0.6 is 11.3 Å². The Kier molecular flexibility index (Phi) is 4.74. The van der Waals surface area contributed by atoms with E-state index in [1.54, 1.807) is 7.11 Å². The number of thiophene rings is 1. The van der Waals surface area contributed by atoms with Gasteiger partial charge in [-0.05, 0) is 11.4 Å². The molecule has 6 nitrogen and oxygen atoms in total. The molecule has 0 spiro atoms. The van der Waals surface area contributed by atoms with Gasteiger partial charge in [0.15, 0.2) is 5.82 Å². The molecule has 7 heteroatoms. The fourth-order valence-corrected chi connectivity index (χ4v) is 2.29. The quantitative estimate of drug-likeness (QED) is 0.794. The predicted molar refractivity (Wildman–Crippen MR) is 80.8 cm³/mol. The third kappa shape index (κ3) is 3.68. The summed E-state index contributed by atoms with van der Waals surface area (Å²) >= 11 is 1.50. The van der Waals surface area contributed by atoms with Gasteiger partial charge in [-0.3, -0.25) is 4.79 Å². The van der Waals surface area contributed by atoms with Gasteiger partial charge in [-0.2, -0.15) is 9.67 Å². The molecule has 2 heterocycles. The van der Waals surface area contributed by atoms with Crippen LogP contribution in [0.4, 0.5) is 0 Å². The van der Waals surface area contributed by atoms with Gasteiger partial charge in [0.2, 0.25) is 0 Å². The lowest BCUT2D eigenvalue weighted by molar-refractivity contribution is 0.0747. The second kappa shape index (κ2) is 6.36. The summed E-state index contributed by atoms with van der Waals surface area (Å²) < 4.78 is 11.7. The van der Waals surface area contributed by atoms with Gasteiger partial charge >= 0.3 is 6.01 Å². The van der Waals surface area contributed by atoms with Crippen molar-refractivity contribution in [1.82, 2.24) is 14.8 Å². The van der Waals surface area contributed by atoms with Crippen LogP contribution in [0.3, 0.4) is 0 Å². The average Bonchev–Trinajstić information content (AvgIpc) is 3.05. The summed E-state index contributed by atoms with van der Waals surface area (Å²) in [5.41, 5.74) is -0.552. The second-order valence-electron chi connectivity index (χ2n) is 5.50. The zero-order valence-corrected chi connectivity index (χ0v) is 13.4. The maximum atomic E-state index is 12.5. The Labute approximate surface area is 127 Å². The Hall–Kier alpha value is -1.73. The van der Waals surface area contributed by atoms with Crippen LogP contribution in [0.25, 0.3) is 10.7 Å². The molecule has 0 aromatic carbocycles. The third-order valence-corrected chi connectivity index (χ3v) is 3.55. The van der Waals surface area contributed by atoms with Gasteiger partial charge in [-0.25, -0.2) is 0 Å². The molecule has 0 bridgehead atoms. The first-order chi connectivity index (χ1) is 9.93. The lowest BCUT2D eigenvalue weighted by Crippen LogP contribution is -2.28. The van der Waals surface area contributed by atoms with Gasteiger partial charge in [-0.15, -0.1) is 16.4 Å². The monoisotopic (exact) mass is 309 g/mol. The summed E-state index contributed by atoms with van der Waals surface area (Å²) in [6.07, 6.45) is 0. The van der Waals surface area contributed by atoms with Crippen molar-refractivity contribution in [1.29, 1.82) is 0 Å². The number of hydrogen-bond donors (Lipinski definition) is 0. The number of methoxy groups -OCH3 is 1. The number of ether oxygens (including phenoxy) is 2. The Balaban J connectivity index is 2.35. The summed E-state index contributed by atoms with van der Waals surface area (Å²) in [6.45, 7) is 6.33. The summed E-state index contributed by atoms with van der Waals surface area (Å²) in [4.78, 5) is 17.7. The van der Waals surface area contributed by atoms with Crippen molar-refractivity contribution in [3.63, 3.8) is 0 Å². The van der Waals surface area contributed by atoms with Crippen molar-refractivity contribution in [2.75, 3.05) is 20.3 Å². The Morgan fingerprint density at radius 2 is 2.14 bits per heavy atom. The standard InChI is InChI=1S/C14H19N3O3S/c1-14(2,3)12(18)17-11(10-6-5-9-21-10)15-13(16-17)20-8-7-19-4/h5-6,9H,7-8H2,1-4H3. The van der Waals surface area contributed by atoms with Crippen LogP contribution in [0.2, 0.25) is 0 Å². The number of hydrogen-bond acceptors (Lipinski definition) is 6. The van der Waals surface area contributed by atoms with Crippen LogP contribution in [-0.4, -0.2) is 41.0 Å². The van der Waals surface area contributed by atoms with Crippen LogP contribution in [-0.2, 0) is 4.74 Å². The SMILES string of the molecule is COCCOc1nc(-c2cccs2)n(C(=O)C(C)(C)C)n1. The highest BCUT2D eigenvalue weighted by atomic mass is 32.1. The molecule has 2 rings (SSSR count). The Morgan fingerprint density at radius 1 is 1.38 bits per heavy atom. The van der Waals surface area contributed by atoms with E-state index in [1.807, 2.05) is 38.3 Å². The van der Waals surface area contributed by atoms with Gasteiger partial charge in [-0.1, -0.05) is 26.8 Å². The Bertz CT molecular complexity index is 600. The highest BCUT2D eigenvalue weighted by molar-refractivity contribution is 7.13. The van der Waals surface area contributed by atoms with Crippen LogP contribution in [0, 0.1) is 5.41 Å². The molecular weight excluding hydrogens is 290 g/mol. The van der Waals surface area contributed by atoms with E-state index in [-0.39, 0.29) is 11.9 Å². The van der Waals surface area contributed by atoms with E-state index >= 15 is 0 Å². The van der Waals surface area contributed by atoms with Crippen LogP contribution in [0.15, 0.2) is 17.5 Å². The number of carbonyl (C=O) groups is 1. The van der Waals surface area contributed by atoms with Crippen LogP contribution in [0.1, 0.15) is 25.6 Å². The number of carbonyl (C=O) groups excluding carboxylic acids is 1. The largest absolute Gasteiger partial charge is 0.460 e. The minimum absolute atomic E-state index is 0.125. The number of aromatic nitrogens is 3. The van der Waals surface area contributed by atoms with Gasteiger partial charge in [0.05, 0.1) is 11.5 Å². The molecule has 0 radical (unpaired) electrons. The van der Waals surface area contributed by atoms with E-state index in [1.165, 1.54) is 16.0 Å². The van der Waals surface area contributed by atoms with Crippen molar-refractivity contribution in [2.45, 2.75) is 20.8 Å². The first-order valence-electron chi connectivity index (χ1n) is 6.61. The normalized spacial score (nSPS) is 11.6. The van der Waals surface area contributed by atoms with Gasteiger partial charge in [0.25, 0.3) is 5.91 Å². The molecule has 0 amide bonds. The minimum atomic E-state index is -0.552. The first kappa shape index (κ1) is 15.7. The smallest absolute Gasteiger partial charge is 0.336 e. The molecule has 0 unspecified atom stereocenters. The topological polar surface area (TPSA) is 66.2 Å². The molecule has 0 saturated carbocycles. The van der Waals surface area contributed by atoms with E-state index in [0.29, 0.717) is 19.0 Å². The molecular formula is C14H19N3O3S. The maximum absolute atomic E-state index is 12.5. The van der Waals surface area contributed by atoms with Gasteiger partial charge < -0.3 is 9.47 Å². The van der Waals surface area contributed by atoms with Crippen molar-refractivity contribution in [2.24, 2.45) is 5.41 Å². The minimum Gasteiger partial charge on any atom is -0.460 e. The lowest BCUT2D eigenvalue weighted by Gasteiger charge is -2.16. The van der Waals surface area contributed by atoms with Crippen molar-refractivity contribution in [3.05, 3.63) is 17.5 Å². The summed E-state index contributed by atoms with van der Waals surface area (Å²) in [5, 5.41) is 6.12. The van der Waals surface area contributed by atoms with E-state index in [4.69, 9.17) is 9.47 Å². The number of nitrogens with zero attached hydrogens (tertiary/aromatic N) is 3.